The molecule has 26 heavy (non-hydrogen) atoms. The van der Waals surface area contributed by atoms with E-state index < -0.39 is 34.7 Å². The largest absolute Gasteiger partial charge is 0.511 e. The molecule has 2 aliphatic rings. The lowest BCUT2D eigenvalue weighted by Crippen LogP contribution is -2.29. The van der Waals surface area contributed by atoms with Gasteiger partial charge in [0.15, 0.2) is 11.6 Å². The number of hydrogen-bond acceptors (Lipinski definition) is 6. The van der Waals surface area contributed by atoms with Gasteiger partial charge in [-0.2, -0.15) is 0 Å². The van der Waals surface area contributed by atoms with Gasteiger partial charge in [0.05, 0.1) is 0 Å². The Morgan fingerprint density at radius 2 is 0.962 bits per heavy atom. The Morgan fingerprint density at radius 1 is 0.692 bits per heavy atom. The molecule has 0 unspecified atom stereocenters. The van der Waals surface area contributed by atoms with Gasteiger partial charge in [0.25, 0.3) is 0 Å². The molecule has 0 saturated carbocycles. The van der Waals surface area contributed by atoms with E-state index in [2.05, 4.69) is 0 Å². The Morgan fingerprint density at radius 3 is 1.15 bits per heavy atom. The number of carbonyl (C=O) groups excluding carboxylic acids is 2. The summed E-state index contributed by atoms with van der Waals surface area (Å²) in [6.07, 6.45) is 0.859. The number of carbonyl (C=O) groups is 4. The van der Waals surface area contributed by atoms with Crippen molar-refractivity contribution in [2.45, 2.75) is 53.4 Å². The van der Waals surface area contributed by atoms with Crippen LogP contribution in [0.2, 0.25) is 0 Å². The van der Waals surface area contributed by atoms with E-state index in [1.165, 1.54) is 0 Å². The Balaban J connectivity index is 0.000000260. The molecule has 4 N–H and O–H groups in total. The second-order valence-corrected chi connectivity index (χ2v) is 8.14. The summed E-state index contributed by atoms with van der Waals surface area (Å²) in [5.74, 6) is -4.24. The predicted octanol–water partition coefficient (Wildman–Crippen LogP) is 2.54. The fraction of sp³-hybridized carbons (Fsp3) is 0.556. The first-order chi connectivity index (χ1) is 11.7. The maximum absolute atomic E-state index is 11.3. The van der Waals surface area contributed by atoms with Gasteiger partial charge >= 0.3 is 11.9 Å². The van der Waals surface area contributed by atoms with E-state index in [4.69, 9.17) is 10.2 Å². The Kier molecular flexibility index (Phi) is 6.02. The molecule has 0 heterocycles. The molecule has 144 valence electrons. The number of carboxylic acids is 2. The van der Waals surface area contributed by atoms with Crippen molar-refractivity contribution in [3.63, 3.8) is 0 Å². The normalized spacial score (nSPS) is 21.8. The molecule has 0 radical (unpaired) electrons. The summed E-state index contributed by atoms with van der Waals surface area (Å²) in [4.78, 5) is 43.6. The van der Waals surface area contributed by atoms with E-state index in [1.54, 1.807) is 0 Å². The zero-order valence-corrected chi connectivity index (χ0v) is 15.3. The molecule has 0 amide bonds. The number of aliphatic hydroxyl groups excluding tert-OH is 2. The molecule has 2 rings (SSSR count). The van der Waals surface area contributed by atoms with E-state index >= 15 is 0 Å². The van der Waals surface area contributed by atoms with E-state index in [-0.39, 0.29) is 48.0 Å². The minimum Gasteiger partial charge on any atom is -0.511 e. The Hall–Kier alpha value is -2.64. The standard InChI is InChI=1S/2C9H12O4/c2*1-9(2)3-5(10)7(8(12)13)6(11)4-9/h2*10H,3-4H2,1-2H3,(H,12,13). The van der Waals surface area contributed by atoms with E-state index in [0.717, 1.165) is 0 Å². The van der Waals surface area contributed by atoms with Gasteiger partial charge in [-0.05, 0) is 10.8 Å². The van der Waals surface area contributed by atoms with Gasteiger partial charge in [-0.1, -0.05) is 27.7 Å². The van der Waals surface area contributed by atoms with Crippen molar-refractivity contribution >= 4 is 23.5 Å². The number of aliphatic carboxylic acids is 2. The summed E-state index contributed by atoms with van der Waals surface area (Å²) in [6.45, 7) is 7.28. The van der Waals surface area contributed by atoms with Gasteiger partial charge in [-0.25, -0.2) is 9.59 Å². The van der Waals surface area contributed by atoms with Crippen molar-refractivity contribution in [2.24, 2.45) is 10.8 Å². The molecule has 0 bridgehead atoms. The smallest absolute Gasteiger partial charge is 0.342 e. The summed E-state index contributed by atoms with van der Waals surface area (Å²) in [6, 6.07) is 0. The molecule has 0 spiro atoms. The van der Waals surface area contributed by atoms with Crippen molar-refractivity contribution in [2.75, 3.05) is 0 Å². The molecule has 8 heteroatoms. The molecular weight excluding hydrogens is 344 g/mol. The zero-order chi connectivity index (χ0) is 20.4. The number of ketones is 2. The van der Waals surface area contributed by atoms with Crippen molar-refractivity contribution in [3.8, 4) is 0 Å². The maximum Gasteiger partial charge on any atom is 0.342 e. The summed E-state index contributed by atoms with van der Waals surface area (Å²) in [7, 11) is 0. The highest BCUT2D eigenvalue weighted by Crippen LogP contribution is 2.36. The van der Waals surface area contributed by atoms with Crippen LogP contribution < -0.4 is 0 Å². The highest BCUT2D eigenvalue weighted by Gasteiger charge is 2.36. The molecule has 0 fully saturated rings. The van der Waals surface area contributed by atoms with Crippen molar-refractivity contribution in [1.82, 2.24) is 0 Å². The number of hydrogen-bond donors (Lipinski definition) is 4. The molecule has 0 aromatic rings. The third kappa shape index (κ3) is 5.18. The average Bonchev–Trinajstić information content (AvgIpc) is 2.32. The van der Waals surface area contributed by atoms with Crippen LogP contribution in [0.4, 0.5) is 0 Å². The first-order valence-corrected chi connectivity index (χ1v) is 8.04. The summed E-state index contributed by atoms with van der Waals surface area (Å²) in [5, 5.41) is 35.9. The van der Waals surface area contributed by atoms with Crippen LogP contribution in [0.25, 0.3) is 0 Å². The molecule has 0 aromatic heterocycles. The lowest BCUT2D eigenvalue weighted by atomic mass is 9.76. The minimum absolute atomic E-state index is 0.179. The fourth-order valence-corrected chi connectivity index (χ4v) is 3.06. The topological polar surface area (TPSA) is 149 Å². The lowest BCUT2D eigenvalue weighted by molar-refractivity contribution is -0.137. The van der Waals surface area contributed by atoms with Gasteiger partial charge in [0.1, 0.15) is 22.7 Å². The van der Waals surface area contributed by atoms with E-state index in [0.29, 0.717) is 0 Å². The first kappa shape index (κ1) is 21.4. The van der Waals surface area contributed by atoms with Crippen LogP contribution in [0, 0.1) is 10.8 Å². The molecule has 8 nitrogen and oxygen atoms in total. The number of Topliss-reactive ketones (excluding diaryl/α,β-unsaturated/α-hetero) is 2. The van der Waals surface area contributed by atoms with Crippen molar-refractivity contribution in [1.29, 1.82) is 0 Å². The summed E-state index contributed by atoms with van der Waals surface area (Å²) < 4.78 is 0. The molecule has 0 saturated heterocycles. The summed E-state index contributed by atoms with van der Waals surface area (Å²) >= 11 is 0. The Bertz CT molecular complexity index is 659. The van der Waals surface area contributed by atoms with E-state index in [9.17, 15) is 29.4 Å². The molecule has 2 aliphatic carbocycles. The number of allylic oxidation sites excluding steroid dienone is 2. The number of rotatable bonds is 2. The van der Waals surface area contributed by atoms with Gasteiger partial charge in [-0.15, -0.1) is 0 Å². The molecule has 0 atom stereocenters. The van der Waals surface area contributed by atoms with Gasteiger partial charge in [-0.3, -0.25) is 9.59 Å². The van der Waals surface area contributed by atoms with Gasteiger partial charge in [0.2, 0.25) is 0 Å². The van der Waals surface area contributed by atoms with Crippen LogP contribution in [-0.2, 0) is 19.2 Å². The molecule has 0 aliphatic heterocycles. The Labute approximate surface area is 150 Å². The quantitative estimate of drug-likeness (QED) is 0.543. The van der Waals surface area contributed by atoms with Crippen LogP contribution in [0.15, 0.2) is 22.7 Å². The highest BCUT2D eigenvalue weighted by atomic mass is 16.4. The van der Waals surface area contributed by atoms with Gasteiger partial charge in [0, 0.05) is 25.7 Å². The van der Waals surface area contributed by atoms with Crippen LogP contribution >= 0.6 is 0 Å². The monoisotopic (exact) mass is 368 g/mol. The fourth-order valence-electron chi connectivity index (χ4n) is 3.06. The molecular formula is C18H24O8. The van der Waals surface area contributed by atoms with Crippen LogP contribution in [0.1, 0.15) is 53.4 Å². The maximum atomic E-state index is 11.3. The SMILES string of the molecule is CC1(C)CC(=O)C(C(=O)O)=C(O)C1.CC1(C)CC(=O)C(C(=O)O)=C(O)C1. The second kappa shape index (κ2) is 7.31. The lowest BCUT2D eigenvalue weighted by Gasteiger charge is -2.28. The average molecular weight is 368 g/mol. The third-order valence-corrected chi connectivity index (χ3v) is 4.13. The highest BCUT2D eigenvalue weighted by molar-refractivity contribution is 6.18. The van der Waals surface area contributed by atoms with Crippen LogP contribution in [0.3, 0.4) is 0 Å². The zero-order valence-electron chi connectivity index (χ0n) is 15.3. The van der Waals surface area contributed by atoms with E-state index in [1.807, 2.05) is 27.7 Å². The number of aliphatic hydroxyl groups is 2. The van der Waals surface area contributed by atoms with Crippen LogP contribution in [0.5, 0.6) is 0 Å². The van der Waals surface area contributed by atoms with Crippen molar-refractivity contribution in [3.05, 3.63) is 22.7 Å². The third-order valence-electron chi connectivity index (χ3n) is 4.13. The van der Waals surface area contributed by atoms with Crippen LogP contribution in [-0.4, -0.2) is 43.9 Å². The summed E-state index contributed by atoms with van der Waals surface area (Å²) in [5.41, 5.74) is -1.56. The predicted molar refractivity (Wildman–Crippen MR) is 90.6 cm³/mol. The van der Waals surface area contributed by atoms with Crippen molar-refractivity contribution < 1.29 is 39.6 Å². The number of carboxylic acid groups (broad SMARTS) is 2. The minimum atomic E-state index is -1.34. The van der Waals surface area contributed by atoms with Gasteiger partial charge < -0.3 is 20.4 Å². The molecule has 0 aromatic carbocycles. The first-order valence-electron chi connectivity index (χ1n) is 8.04. The second-order valence-electron chi connectivity index (χ2n) is 8.14.